The van der Waals surface area contributed by atoms with E-state index in [4.69, 9.17) is 4.74 Å². The minimum Gasteiger partial charge on any atom is -0.479 e. The van der Waals surface area contributed by atoms with Crippen LogP contribution in [0.5, 0.6) is 0 Å². The highest BCUT2D eigenvalue weighted by Gasteiger charge is 2.26. The summed E-state index contributed by atoms with van der Waals surface area (Å²) >= 11 is 0. The van der Waals surface area contributed by atoms with Crippen molar-refractivity contribution in [1.82, 2.24) is 0 Å². The zero-order valence-corrected chi connectivity index (χ0v) is 9.39. The molecule has 0 spiro atoms. The number of nitrogens with zero attached hydrogens (tertiary/aromatic N) is 1. The summed E-state index contributed by atoms with van der Waals surface area (Å²) in [6, 6.07) is 0.402. The molecule has 0 aromatic carbocycles. The van der Waals surface area contributed by atoms with Crippen molar-refractivity contribution in [1.29, 1.82) is 0 Å². The van der Waals surface area contributed by atoms with Crippen molar-refractivity contribution in [3.8, 4) is 0 Å². The summed E-state index contributed by atoms with van der Waals surface area (Å²) in [6.45, 7) is 5.35. The molecule has 2 heterocycles. The summed E-state index contributed by atoms with van der Waals surface area (Å²) in [5, 5.41) is 0. The highest BCUT2D eigenvalue weighted by Crippen LogP contribution is 2.48. The van der Waals surface area contributed by atoms with Crippen molar-refractivity contribution in [2.45, 2.75) is 37.9 Å². The largest absolute Gasteiger partial charge is 0.479 e. The average molecular weight is 199 g/mol. The van der Waals surface area contributed by atoms with Crippen LogP contribution in [0, 0.1) is 0 Å². The first-order valence-electron chi connectivity index (χ1n) is 5.15. The second kappa shape index (κ2) is 3.96. The van der Waals surface area contributed by atoms with Crippen molar-refractivity contribution in [2.24, 2.45) is 4.99 Å². The van der Waals surface area contributed by atoms with Crippen molar-refractivity contribution < 1.29 is 4.74 Å². The van der Waals surface area contributed by atoms with Crippen LogP contribution in [0.15, 0.2) is 4.99 Å². The summed E-state index contributed by atoms with van der Waals surface area (Å²) in [4.78, 5) is 4.49. The highest BCUT2D eigenvalue weighted by molar-refractivity contribution is 7.57. The molecule has 2 aliphatic heterocycles. The van der Waals surface area contributed by atoms with E-state index in [1.165, 1.54) is 19.0 Å². The lowest BCUT2D eigenvalue weighted by Crippen LogP contribution is -2.09. The summed E-state index contributed by atoms with van der Waals surface area (Å²) in [5.74, 6) is 1.04. The van der Waals surface area contributed by atoms with Crippen LogP contribution in [0.4, 0.5) is 0 Å². The molecule has 1 fully saturated rings. The van der Waals surface area contributed by atoms with Crippen LogP contribution in [-0.2, 0) is 4.74 Å². The summed E-state index contributed by atoms with van der Waals surface area (Å²) in [5.41, 5.74) is 0.902. The third-order valence-electron chi connectivity index (χ3n) is 2.94. The predicted octanol–water partition coefficient (Wildman–Crippen LogP) is 2.47. The van der Waals surface area contributed by atoms with Gasteiger partial charge >= 0.3 is 0 Å². The topological polar surface area (TPSA) is 21.6 Å². The SMILES string of the molecule is C[C@H]1COC(C[C@H]2CCCP2C)=N1. The van der Waals surface area contributed by atoms with E-state index in [1.807, 2.05) is 0 Å². The van der Waals surface area contributed by atoms with Crippen LogP contribution in [0.2, 0.25) is 0 Å². The van der Waals surface area contributed by atoms with Crippen LogP contribution in [-0.4, -0.2) is 37.0 Å². The van der Waals surface area contributed by atoms with Gasteiger partial charge in [-0.15, -0.1) is 7.92 Å². The summed E-state index contributed by atoms with van der Waals surface area (Å²) in [6.07, 6.45) is 5.41. The van der Waals surface area contributed by atoms with E-state index in [1.54, 1.807) is 0 Å². The molecule has 2 rings (SSSR count). The smallest absolute Gasteiger partial charge is 0.184 e. The van der Waals surface area contributed by atoms with Gasteiger partial charge in [-0.05, 0) is 38.3 Å². The lowest BCUT2D eigenvalue weighted by atomic mass is 10.2. The molecule has 3 atom stereocenters. The lowest BCUT2D eigenvalue weighted by Gasteiger charge is -2.14. The van der Waals surface area contributed by atoms with Crippen LogP contribution in [0.3, 0.4) is 0 Å². The Morgan fingerprint density at radius 1 is 1.62 bits per heavy atom. The minimum absolute atomic E-state index is 0.280. The Morgan fingerprint density at radius 2 is 2.46 bits per heavy atom. The highest BCUT2D eigenvalue weighted by atomic mass is 31.1. The fourth-order valence-corrected chi connectivity index (χ4v) is 4.23. The van der Waals surface area contributed by atoms with Gasteiger partial charge in [0.2, 0.25) is 0 Å². The fourth-order valence-electron chi connectivity index (χ4n) is 2.09. The standard InChI is InChI=1S/C10H18NOP/c1-8-7-12-10(11-8)6-9-4-3-5-13(9)2/h8-9H,3-7H2,1-2H3/t8-,9+,13?/m0/s1. The van der Waals surface area contributed by atoms with Crippen LogP contribution in [0.25, 0.3) is 0 Å². The van der Waals surface area contributed by atoms with Crippen LogP contribution < -0.4 is 0 Å². The number of rotatable bonds is 2. The Hall–Kier alpha value is -0.100. The van der Waals surface area contributed by atoms with Crippen LogP contribution in [0.1, 0.15) is 26.2 Å². The Labute approximate surface area is 81.5 Å². The van der Waals surface area contributed by atoms with E-state index in [-0.39, 0.29) is 7.92 Å². The van der Waals surface area contributed by atoms with Gasteiger partial charge in [-0.3, -0.25) is 0 Å². The van der Waals surface area contributed by atoms with E-state index in [0.29, 0.717) is 6.04 Å². The van der Waals surface area contributed by atoms with E-state index in [2.05, 4.69) is 18.6 Å². The maximum atomic E-state index is 5.54. The third-order valence-corrected chi connectivity index (χ3v) is 5.65. The van der Waals surface area contributed by atoms with E-state index in [9.17, 15) is 0 Å². The first kappa shape index (κ1) is 9.45. The minimum atomic E-state index is 0.280. The summed E-state index contributed by atoms with van der Waals surface area (Å²) in [7, 11) is 0.280. The number of aliphatic imine (C=N–C) groups is 1. The van der Waals surface area contributed by atoms with Crippen molar-refractivity contribution in [3.05, 3.63) is 0 Å². The lowest BCUT2D eigenvalue weighted by molar-refractivity contribution is 0.315. The van der Waals surface area contributed by atoms with Gasteiger partial charge < -0.3 is 4.74 Å². The van der Waals surface area contributed by atoms with Crippen molar-refractivity contribution >= 4 is 13.8 Å². The van der Waals surface area contributed by atoms with Crippen LogP contribution >= 0.6 is 7.92 Å². The number of hydrogen-bond donors (Lipinski definition) is 0. The molecule has 1 unspecified atom stereocenters. The molecular formula is C10H18NOP. The van der Waals surface area contributed by atoms with Gasteiger partial charge in [0.1, 0.15) is 6.61 Å². The molecule has 0 amide bonds. The predicted molar refractivity (Wildman–Crippen MR) is 58.2 cm³/mol. The zero-order valence-electron chi connectivity index (χ0n) is 8.49. The molecule has 0 bridgehead atoms. The molecular weight excluding hydrogens is 181 g/mol. The molecule has 0 aliphatic carbocycles. The third kappa shape index (κ3) is 2.22. The molecule has 0 radical (unpaired) electrons. The van der Waals surface area contributed by atoms with E-state index in [0.717, 1.165) is 24.6 Å². The van der Waals surface area contributed by atoms with Crippen molar-refractivity contribution in [2.75, 3.05) is 19.4 Å². The molecule has 2 nitrogen and oxygen atoms in total. The van der Waals surface area contributed by atoms with Gasteiger partial charge in [-0.25, -0.2) is 4.99 Å². The van der Waals surface area contributed by atoms with Gasteiger partial charge in [0, 0.05) is 6.42 Å². The second-order valence-corrected chi connectivity index (χ2v) is 6.86. The Balaban J connectivity index is 1.87. The molecule has 3 heteroatoms. The Kier molecular flexibility index (Phi) is 2.88. The van der Waals surface area contributed by atoms with E-state index < -0.39 is 0 Å². The van der Waals surface area contributed by atoms with Gasteiger partial charge in [0.25, 0.3) is 0 Å². The second-order valence-electron chi connectivity index (χ2n) is 4.16. The molecule has 0 saturated carbocycles. The fraction of sp³-hybridized carbons (Fsp3) is 0.900. The molecule has 0 aromatic heterocycles. The van der Waals surface area contributed by atoms with Gasteiger partial charge in [0.05, 0.1) is 6.04 Å². The first-order chi connectivity index (χ1) is 6.25. The number of ether oxygens (including phenoxy) is 1. The summed E-state index contributed by atoms with van der Waals surface area (Å²) < 4.78 is 5.54. The van der Waals surface area contributed by atoms with Gasteiger partial charge in [0.15, 0.2) is 5.90 Å². The monoisotopic (exact) mass is 199 g/mol. The van der Waals surface area contributed by atoms with Crippen molar-refractivity contribution in [3.63, 3.8) is 0 Å². The maximum absolute atomic E-state index is 5.54. The first-order valence-corrected chi connectivity index (χ1v) is 7.20. The molecule has 2 aliphatic rings. The normalized spacial score (nSPS) is 38.9. The van der Waals surface area contributed by atoms with E-state index >= 15 is 0 Å². The molecule has 74 valence electrons. The Bertz CT molecular complexity index is 217. The zero-order chi connectivity index (χ0) is 9.26. The molecule has 1 saturated heterocycles. The van der Waals surface area contributed by atoms with Gasteiger partial charge in [-0.2, -0.15) is 0 Å². The average Bonchev–Trinajstić information content (AvgIpc) is 2.64. The maximum Gasteiger partial charge on any atom is 0.184 e. The van der Waals surface area contributed by atoms with Gasteiger partial charge in [-0.1, -0.05) is 0 Å². The molecule has 0 N–H and O–H groups in total. The molecule has 0 aromatic rings. The Morgan fingerprint density at radius 3 is 3.00 bits per heavy atom. The molecule has 13 heavy (non-hydrogen) atoms. The number of hydrogen-bond acceptors (Lipinski definition) is 2. The quantitative estimate of drug-likeness (QED) is 0.626.